The molecule has 0 aliphatic carbocycles. The van der Waals surface area contributed by atoms with Gasteiger partial charge in [-0.05, 0) is 64.0 Å². The second kappa shape index (κ2) is 22.8. The van der Waals surface area contributed by atoms with Crippen LogP contribution < -0.4 is 10.6 Å². The molecule has 0 aliphatic rings. The molecule has 200 valence electrons. The van der Waals surface area contributed by atoms with Gasteiger partial charge in [0.2, 0.25) is 5.91 Å². The maximum absolute atomic E-state index is 11.9. The number of allylic oxidation sites excluding steroid dienone is 12. The molecule has 0 atom stereocenters. The van der Waals surface area contributed by atoms with Crippen LogP contribution in [-0.4, -0.2) is 25.2 Å². The Labute approximate surface area is 223 Å². The maximum atomic E-state index is 11.9. The van der Waals surface area contributed by atoms with Crippen LogP contribution in [0.3, 0.4) is 0 Å². The molecule has 1 aromatic rings. The molecule has 0 bridgehead atoms. The van der Waals surface area contributed by atoms with Gasteiger partial charge in [-0.2, -0.15) is 0 Å². The first-order valence-electron chi connectivity index (χ1n) is 13.3. The second-order valence-electron chi connectivity index (χ2n) is 8.43. The Morgan fingerprint density at radius 1 is 0.730 bits per heavy atom. The van der Waals surface area contributed by atoms with Crippen molar-refractivity contribution in [3.63, 3.8) is 0 Å². The number of hydrogen-bond donors (Lipinski definition) is 2. The van der Waals surface area contributed by atoms with Crippen LogP contribution in [0, 0.1) is 6.92 Å². The lowest BCUT2D eigenvalue weighted by molar-refractivity contribution is -0.121. The van der Waals surface area contributed by atoms with Gasteiger partial charge >= 0.3 is 6.09 Å². The predicted octanol–water partition coefficient (Wildman–Crippen LogP) is 8.14. The van der Waals surface area contributed by atoms with E-state index < -0.39 is 6.09 Å². The van der Waals surface area contributed by atoms with Crippen LogP contribution in [0.4, 0.5) is 10.5 Å². The van der Waals surface area contributed by atoms with E-state index in [-0.39, 0.29) is 12.5 Å². The number of ether oxygens (including phenoxy) is 1. The fourth-order valence-electron chi connectivity index (χ4n) is 3.07. The van der Waals surface area contributed by atoms with E-state index in [1.807, 2.05) is 37.3 Å². The van der Waals surface area contributed by atoms with Crippen LogP contribution in [0.2, 0.25) is 0 Å². The summed E-state index contributed by atoms with van der Waals surface area (Å²) in [6, 6.07) is 7.45. The highest BCUT2D eigenvalue weighted by Crippen LogP contribution is 2.08. The van der Waals surface area contributed by atoms with Gasteiger partial charge < -0.3 is 10.1 Å². The number of anilines is 1. The Balaban J connectivity index is 1.97. The van der Waals surface area contributed by atoms with Gasteiger partial charge in [0.1, 0.15) is 6.61 Å². The summed E-state index contributed by atoms with van der Waals surface area (Å²) in [5.74, 6) is -0.0536. The minimum Gasteiger partial charge on any atom is -0.447 e. The van der Waals surface area contributed by atoms with Crippen molar-refractivity contribution < 1.29 is 14.3 Å². The molecule has 2 N–H and O–H groups in total. The molecule has 5 nitrogen and oxygen atoms in total. The number of aryl methyl sites for hydroxylation is 1. The zero-order valence-electron chi connectivity index (χ0n) is 22.5. The van der Waals surface area contributed by atoms with E-state index in [4.69, 9.17) is 4.74 Å². The number of rotatable bonds is 18. The highest BCUT2D eigenvalue weighted by molar-refractivity contribution is 5.84. The van der Waals surface area contributed by atoms with Gasteiger partial charge in [-0.1, -0.05) is 97.5 Å². The van der Waals surface area contributed by atoms with Crippen molar-refractivity contribution in [2.45, 2.75) is 65.2 Å². The van der Waals surface area contributed by atoms with Crippen molar-refractivity contribution in [3.05, 3.63) is 103 Å². The molecule has 0 saturated carbocycles. The lowest BCUT2D eigenvalue weighted by Crippen LogP contribution is -2.28. The van der Waals surface area contributed by atoms with E-state index >= 15 is 0 Å². The standard InChI is InChI=1S/C32H44N2O3/c1-3-4-5-6-7-8-9-10-11-12-13-14-15-16-17-18-19-20-21-22-31(35)33-27-28-37-32(36)34-30-25-23-29(2)24-26-30/h4-5,7-8,10-11,13-14,16-17,19-20,23-26H,3,6,9,12,15,18,21-22,27-28H2,1-2H3,(H,33,35)(H,34,36)/b5-4-,8-7-,11-10-,14-13-,17-16-,20-19-. The van der Waals surface area contributed by atoms with Gasteiger partial charge in [0.05, 0.1) is 6.54 Å². The zero-order chi connectivity index (χ0) is 26.8. The molecular weight excluding hydrogens is 460 g/mol. The van der Waals surface area contributed by atoms with E-state index in [1.54, 1.807) is 0 Å². The largest absolute Gasteiger partial charge is 0.447 e. The normalized spacial score (nSPS) is 12.2. The average molecular weight is 505 g/mol. The van der Waals surface area contributed by atoms with E-state index in [0.29, 0.717) is 25.1 Å². The molecule has 37 heavy (non-hydrogen) atoms. The molecule has 0 unspecified atom stereocenters. The van der Waals surface area contributed by atoms with Crippen LogP contribution in [0.25, 0.3) is 0 Å². The quantitative estimate of drug-likeness (QED) is 0.157. The van der Waals surface area contributed by atoms with Gasteiger partial charge in [0.15, 0.2) is 0 Å². The molecule has 5 heteroatoms. The summed E-state index contributed by atoms with van der Waals surface area (Å²) in [7, 11) is 0. The lowest BCUT2D eigenvalue weighted by Gasteiger charge is -2.08. The zero-order valence-corrected chi connectivity index (χ0v) is 22.5. The summed E-state index contributed by atoms with van der Waals surface area (Å²) in [5, 5.41) is 5.41. The smallest absolute Gasteiger partial charge is 0.411 e. The third-order valence-corrected chi connectivity index (χ3v) is 5.09. The van der Waals surface area contributed by atoms with Gasteiger partial charge in [-0.25, -0.2) is 4.79 Å². The molecule has 0 aliphatic heterocycles. The van der Waals surface area contributed by atoms with Crippen LogP contribution >= 0.6 is 0 Å². The minimum atomic E-state index is -0.531. The third kappa shape index (κ3) is 20.3. The fourth-order valence-corrected chi connectivity index (χ4v) is 3.07. The van der Waals surface area contributed by atoms with Crippen molar-refractivity contribution in [2.24, 2.45) is 0 Å². The molecule has 0 aromatic heterocycles. The molecule has 2 amide bonds. The van der Waals surface area contributed by atoms with Crippen molar-refractivity contribution in [1.29, 1.82) is 0 Å². The summed E-state index contributed by atoms with van der Waals surface area (Å²) in [5.41, 5.74) is 1.79. The van der Waals surface area contributed by atoms with E-state index in [1.165, 1.54) is 0 Å². The minimum absolute atomic E-state index is 0.0536. The molecule has 0 fully saturated rings. The molecule has 1 aromatic carbocycles. The van der Waals surface area contributed by atoms with Gasteiger partial charge in [0, 0.05) is 12.1 Å². The number of hydrogen-bond acceptors (Lipinski definition) is 3. The molecule has 0 heterocycles. The molecule has 0 saturated heterocycles. The Bertz CT molecular complexity index is 922. The van der Waals surface area contributed by atoms with E-state index in [9.17, 15) is 9.59 Å². The van der Waals surface area contributed by atoms with Crippen LogP contribution in [0.5, 0.6) is 0 Å². The maximum Gasteiger partial charge on any atom is 0.411 e. The first-order valence-corrected chi connectivity index (χ1v) is 13.3. The fraction of sp³-hybridized carbons (Fsp3) is 0.375. The molecular formula is C32H44N2O3. The topological polar surface area (TPSA) is 67.4 Å². The van der Waals surface area contributed by atoms with Gasteiger partial charge in [0.25, 0.3) is 0 Å². The number of benzene rings is 1. The van der Waals surface area contributed by atoms with Crippen molar-refractivity contribution in [1.82, 2.24) is 5.32 Å². The number of nitrogens with one attached hydrogen (secondary N) is 2. The summed E-state index contributed by atoms with van der Waals surface area (Å²) in [6.07, 6.45) is 32.4. The SMILES string of the molecule is CC/C=C\C/C=C\C/C=C\C/C=C\C/C=C\C/C=C\CCC(=O)NCCOC(=O)Nc1ccc(C)cc1. The average Bonchev–Trinajstić information content (AvgIpc) is 2.89. The van der Waals surface area contributed by atoms with Crippen molar-refractivity contribution in [3.8, 4) is 0 Å². The monoisotopic (exact) mass is 504 g/mol. The van der Waals surface area contributed by atoms with E-state index in [2.05, 4.69) is 84.4 Å². The van der Waals surface area contributed by atoms with Crippen LogP contribution in [-0.2, 0) is 9.53 Å². The second-order valence-corrected chi connectivity index (χ2v) is 8.43. The highest BCUT2D eigenvalue weighted by Gasteiger charge is 2.04. The lowest BCUT2D eigenvalue weighted by atomic mass is 10.2. The Morgan fingerprint density at radius 2 is 1.22 bits per heavy atom. The predicted molar refractivity (Wildman–Crippen MR) is 157 cm³/mol. The first-order chi connectivity index (χ1) is 18.1. The number of amides is 2. The molecule has 1 rings (SSSR count). The molecule has 0 radical (unpaired) electrons. The third-order valence-electron chi connectivity index (χ3n) is 5.09. The molecule has 0 spiro atoms. The van der Waals surface area contributed by atoms with Crippen LogP contribution in [0.15, 0.2) is 97.2 Å². The number of carbonyl (C=O) groups is 2. The van der Waals surface area contributed by atoms with Crippen molar-refractivity contribution in [2.75, 3.05) is 18.5 Å². The van der Waals surface area contributed by atoms with Crippen molar-refractivity contribution >= 4 is 17.7 Å². The van der Waals surface area contributed by atoms with Gasteiger partial charge in [-0.15, -0.1) is 0 Å². The Kier molecular flexibility index (Phi) is 19.4. The summed E-state index contributed by atoms with van der Waals surface area (Å²) >= 11 is 0. The van der Waals surface area contributed by atoms with Crippen LogP contribution in [0.1, 0.15) is 63.9 Å². The highest BCUT2D eigenvalue weighted by atomic mass is 16.5. The Hall–Kier alpha value is -3.60. The summed E-state index contributed by atoms with van der Waals surface area (Å²) in [4.78, 5) is 23.6. The summed E-state index contributed by atoms with van der Waals surface area (Å²) < 4.78 is 5.07. The number of carbonyl (C=O) groups excluding carboxylic acids is 2. The summed E-state index contributed by atoms with van der Waals surface area (Å²) in [6.45, 7) is 4.55. The van der Waals surface area contributed by atoms with E-state index in [0.717, 1.165) is 44.1 Å². The Morgan fingerprint density at radius 3 is 1.73 bits per heavy atom. The first kappa shape index (κ1) is 31.4. The van der Waals surface area contributed by atoms with Gasteiger partial charge in [-0.3, -0.25) is 10.1 Å².